The van der Waals surface area contributed by atoms with Crippen LogP contribution in [0, 0.1) is 6.92 Å². The van der Waals surface area contributed by atoms with E-state index in [0.717, 1.165) is 0 Å². The van der Waals surface area contributed by atoms with Crippen LogP contribution in [0.15, 0.2) is 4.90 Å². The number of aromatic amines is 1. The van der Waals surface area contributed by atoms with Gasteiger partial charge in [-0.2, -0.15) is 5.10 Å². The van der Waals surface area contributed by atoms with Gasteiger partial charge < -0.3 is 4.74 Å². The molecule has 0 radical (unpaired) electrons. The van der Waals surface area contributed by atoms with E-state index in [-0.39, 0.29) is 17.3 Å². The van der Waals surface area contributed by atoms with E-state index in [2.05, 4.69) is 14.9 Å². The number of nitrogens with zero attached hydrogens (tertiary/aromatic N) is 1. The number of halogens is 1. The largest absolute Gasteiger partial charge is 0.383 e. The molecule has 0 aliphatic carbocycles. The Bertz CT molecular complexity index is 443. The molecule has 0 saturated carbocycles. The Balaban J connectivity index is 2.93. The number of alkyl halides is 1. The van der Waals surface area contributed by atoms with Gasteiger partial charge in [-0.05, 0) is 6.92 Å². The molecule has 0 saturated heterocycles. The van der Waals surface area contributed by atoms with Crippen LogP contribution in [-0.2, 0) is 20.6 Å². The van der Waals surface area contributed by atoms with E-state index in [4.69, 9.17) is 16.3 Å². The Kier molecular flexibility index (Phi) is 4.72. The number of aromatic nitrogens is 2. The van der Waals surface area contributed by atoms with E-state index in [0.29, 0.717) is 18.0 Å². The lowest BCUT2D eigenvalue weighted by atomic mass is 10.4. The van der Waals surface area contributed by atoms with Crippen molar-refractivity contribution < 1.29 is 13.2 Å². The number of nitrogens with one attached hydrogen (secondary N) is 2. The van der Waals surface area contributed by atoms with E-state index in [1.165, 1.54) is 7.11 Å². The minimum Gasteiger partial charge on any atom is -0.383 e. The molecule has 6 nitrogen and oxygen atoms in total. The standard InChI is InChI=1S/C8H14ClN3O3S/c1-6-8(7(5-9)12-11-6)16(13,14)10-3-4-15-2/h10H,3-5H2,1-2H3,(H,11,12). The summed E-state index contributed by atoms with van der Waals surface area (Å²) in [6.45, 7) is 2.16. The third kappa shape index (κ3) is 2.94. The van der Waals surface area contributed by atoms with Crippen LogP contribution in [0.25, 0.3) is 0 Å². The van der Waals surface area contributed by atoms with Gasteiger partial charge in [0.05, 0.1) is 23.9 Å². The van der Waals surface area contributed by atoms with Crippen molar-refractivity contribution in [3.8, 4) is 0 Å². The summed E-state index contributed by atoms with van der Waals surface area (Å²) in [6.07, 6.45) is 0. The molecule has 0 atom stereocenters. The first-order valence-electron chi connectivity index (χ1n) is 4.61. The molecule has 0 amide bonds. The topological polar surface area (TPSA) is 84.1 Å². The molecule has 1 aromatic rings. The molecule has 16 heavy (non-hydrogen) atoms. The number of hydrogen-bond donors (Lipinski definition) is 2. The molecule has 2 N–H and O–H groups in total. The van der Waals surface area contributed by atoms with Gasteiger partial charge in [0.1, 0.15) is 4.90 Å². The fourth-order valence-electron chi connectivity index (χ4n) is 1.27. The zero-order chi connectivity index (χ0) is 12.2. The fraction of sp³-hybridized carbons (Fsp3) is 0.625. The molecule has 0 aliphatic rings. The highest BCUT2D eigenvalue weighted by molar-refractivity contribution is 7.89. The van der Waals surface area contributed by atoms with Crippen molar-refractivity contribution in [3.63, 3.8) is 0 Å². The van der Waals surface area contributed by atoms with Crippen LogP contribution in [-0.4, -0.2) is 38.9 Å². The first-order chi connectivity index (χ1) is 7.53. The SMILES string of the molecule is COCCNS(=O)(=O)c1c(CCl)n[nH]c1C. The van der Waals surface area contributed by atoms with Crippen LogP contribution >= 0.6 is 11.6 Å². The molecule has 0 fully saturated rings. The summed E-state index contributed by atoms with van der Waals surface area (Å²) >= 11 is 5.61. The van der Waals surface area contributed by atoms with Gasteiger partial charge in [0.2, 0.25) is 10.0 Å². The number of ether oxygens (including phenoxy) is 1. The molecule has 8 heteroatoms. The highest BCUT2D eigenvalue weighted by atomic mass is 35.5. The molecule has 0 unspecified atom stereocenters. The van der Waals surface area contributed by atoms with Crippen molar-refractivity contribution in [2.24, 2.45) is 0 Å². The Hall–Kier alpha value is -0.630. The maximum Gasteiger partial charge on any atom is 0.244 e. The Labute approximate surface area is 99.4 Å². The normalized spacial score (nSPS) is 11.9. The van der Waals surface area contributed by atoms with Gasteiger partial charge >= 0.3 is 0 Å². The van der Waals surface area contributed by atoms with E-state index in [1.807, 2.05) is 0 Å². The summed E-state index contributed by atoms with van der Waals surface area (Å²) in [6, 6.07) is 0. The minimum atomic E-state index is -3.57. The number of aryl methyl sites for hydroxylation is 1. The lowest BCUT2D eigenvalue weighted by molar-refractivity contribution is 0.204. The molecule has 1 rings (SSSR count). The van der Waals surface area contributed by atoms with Crippen molar-refractivity contribution in [1.82, 2.24) is 14.9 Å². The van der Waals surface area contributed by atoms with E-state index >= 15 is 0 Å². The van der Waals surface area contributed by atoms with Crippen LogP contribution in [0.1, 0.15) is 11.4 Å². The van der Waals surface area contributed by atoms with Crippen LogP contribution in [0.4, 0.5) is 0 Å². The molecule has 92 valence electrons. The summed E-state index contributed by atoms with van der Waals surface area (Å²) in [4.78, 5) is 0.124. The second-order valence-corrected chi connectivity index (χ2v) is 5.12. The number of H-pyrrole nitrogens is 1. The maximum atomic E-state index is 11.9. The Morgan fingerprint density at radius 2 is 2.25 bits per heavy atom. The molecular formula is C8H14ClN3O3S. The number of sulfonamides is 1. The molecule has 1 aromatic heterocycles. The first-order valence-corrected chi connectivity index (χ1v) is 6.63. The summed E-state index contributed by atoms with van der Waals surface area (Å²) in [5.74, 6) is 0.0465. The monoisotopic (exact) mass is 267 g/mol. The van der Waals surface area contributed by atoms with E-state index < -0.39 is 10.0 Å². The highest BCUT2D eigenvalue weighted by Crippen LogP contribution is 2.18. The lowest BCUT2D eigenvalue weighted by Crippen LogP contribution is -2.28. The molecule has 0 bridgehead atoms. The molecular weight excluding hydrogens is 254 g/mol. The summed E-state index contributed by atoms with van der Waals surface area (Å²) in [5.41, 5.74) is 0.796. The van der Waals surface area contributed by atoms with Gasteiger partial charge in [-0.1, -0.05) is 0 Å². The zero-order valence-corrected chi connectivity index (χ0v) is 10.7. The van der Waals surface area contributed by atoms with Gasteiger partial charge in [0.25, 0.3) is 0 Å². The summed E-state index contributed by atoms with van der Waals surface area (Å²) < 4.78 is 30.9. The molecule has 0 aliphatic heterocycles. The Morgan fingerprint density at radius 1 is 1.56 bits per heavy atom. The summed E-state index contributed by atoms with van der Waals surface area (Å²) in [7, 11) is -2.07. The van der Waals surface area contributed by atoms with Crippen molar-refractivity contribution in [2.45, 2.75) is 17.7 Å². The number of methoxy groups -OCH3 is 1. The van der Waals surface area contributed by atoms with Crippen molar-refractivity contribution >= 4 is 21.6 Å². The number of rotatable bonds is 6. The predicted octanol–water partition coefficient (Wildman–Crippen LogP) is 0.382. The highest BCUT2D eigenvalue weighted by Gasteiger charge is 2.23. The molecule has 0 aromatic carbocycles. The van der Waals surface area contributed by atoms with Gasteiger partial charge in [-0.15, -0.1) is 11.6 Å². The molecule has 1 heterocycles. The van der Waals surface area contributed by atoms with Crippen LogP contribution in [0.2, 0.25) is 0 Å². The minimum absolute atomic E-state index is 0.0465. The van der Waals surface area contributed by atoms with Gasteiger partial charge in [-0.25, -0.2) is 13.1 Å². The van der Waals surface area contributed by atoms with Crippen LogP contribution in [0.3, 0.4) is 0 Å². The van der Waals surface area contributed by atoms with Crippen LogP contribution in [0.5, 0.6) is 0 Å². The first kappa shape index (κ1) is 13.4. The van der Waals surface area contributed by atoms with Crippen molar-refractivity contribution in [3.05, 3.63) is 11.4 Å². The quantitative estimate of drug-likeness (QED) is 0.577. The average Bonchev–Trinajstić information content (AvgIpc) is 2.60. The second-order valence-electron chi connectivity index (χ2n) is 3.15. The molecule has 0 spiro atoms. The van der Waals surface area contributed by atoms with Gasteiger partial charge in [0.15, 0.2) is 0 Å². The third-order valence-corrected chi connectivity index (χ3v) is 3.87. The van der Waals surface area contributed by atoms with E-state index in [1.54, 1.807) is 6.92 Å². The lowest BCUT2D eigenvalue weighted by Gasteiger charge is -2.06. The van der Waals surface area contributed by atoms with Crippen LogP contribution < -0.4 is 4.72 Å². The summed E-state index contributed by atoms with van der Waals surface area (Å²) in [5, 5.41) is 6.42. The predicted molar refractivity (Wildman–Crippen MR) is 59.9 cm³/mol. The second kappa shape index (κ2) is 5.62. The zero-order valence-electron chi connectivity index (χ0n) is 9.08. The van der Waals surface area contributed by atoms with Gasteiger partial charge in [0, 0.05) is 13.7 Å². The number of hydrogen-bond acceptors (Lipinski definition) is 4. The smallest absolute Gasteiger partial charge is 0.244 e. The van der Waals surface area contributed by atoms with E-state index in [9.17, 15) is 8.42 Å². The Morgan fingerprint density at radius 3 is 2.81 bits per heavy atom. The third-order valence-electron chi connectivity index (χ3n) is 1.95. The van der Waals surface area contributed by atoms with Crippen molar-refractivity contribution in [1.29, 1.82) is 0 Å². The maximum absolute atomic E-state index is 11.9. The van der Waals surface area contributed by atoms with Crippen molar-refractivity contribution in [2.75, 3.05) is 20.3 Å². The van der Waals surface area contributed by atoms with Gasteiger partial charge in [-0.3, -0.25) is 5.10 Å². The average molecular weight is 268 g/mol. The fourth-order valence-corrected chi connectivity index (χ4v) is 2.91.